The number of nitrogens with zero attached hydrogens (tertiary/aromatic N) is 2. The van der Waals surface area contributed by atoms with Gasteiger partial charge in [-0.1, -0.05) is 0 Å². The second kappa shape index (κ2) is 6.09. The van der Waals surface area contributed by atoms with Gasteiger partial charge >= 0.3 is 0 Å². The van der Waals surface area contributed by atoms with Gasteiger partial charge < -0.3 is 10.0 Å². The molecule has 1 aliphatic rings. The molecule has 1 N–H and O–H groups in total. The summed E-state index contributed by atoms with van der Waals surface area (Å²) in [7, 11) is 0. The third kappa shape index (κ3) is 4.19. The molecule has 1 aliphatic heterocycles. The predicted molar refractivity (Wildman–Crippen MR) is 60.3 cm³/mol. The molecule has 0 saturated carbocycles. The Morgan fingerprint density at radius 2 is 1.93 bits per heavy atom. The summed E-state index contributed by atoms with van der Waals surface area (Å²) in [5.41, 5.74) is -0.0817. The van der Waals surface area contributed by atoms with Crippen LogP contribution < -0.4 is 0 Å². The molecule has 1 saturated heterocycles. The lowest BCUT2D eigenvalue weighted by Crippen LogP contribution is -2.38. The van der Waals surface area contributed by atoms with E-state index in [-0.39, 0.29) is 5.41 Å². The lowest BCUT2D eigenvalue weighted by molar-refractivity contribution is 0.153. The topological polar surface area (TPSA) is 47.3 Å². The van der Waals surface area contributed by atoms with Crippen LogP contribution in [0.15, 0.2) is 0 Å². The average molecular weight is 210 g/mol. The van der Waals surface area contributed by atoms with Crippen LogP contribution in [0, 0.1) is 16.7 Å². The number of unbranched alkanes of at least 4 members (excludes halogenated alkanes) is 2. The fourth-order valence-corrected chi connectivity index (χ4v) is 2.01. The zero-order chi connectivity index (χ0) is 11.1. The van der Waals surface area contributed by atoms with Crippen LogP contribution in [-0.2, 0) is 0 Å². The molecule has 0 radical (unpaired) electrons. The first-order chi connectivity index (χ1) is 7.20. The molecular formula is C12H22N2O. The van der Waals surface area contributed by atoms with Crippen molar-refractivity contribution in [3.63, 3.8) is 0 Å². The fraction of sp³-hybridized carbons (Fsp3) is 0.917. The van der Waals surface area contributed by atoms with E-state index in [4.69, 9.17) is 10.4 Å². The van der Waals surface area contributed by atoms with Crippen LogP contribution in [0.3, 0.4) is 0 Å². The number of likely N-dealkylation sites (tertiary alicyclic amines) is 1. The number of hydrogen-bond acceptors (Lipinski definition) is 3. The maximum atomic E-state index is 8.99. The molecule has 0 spiro atoms. The van der Waals surface area contributed by atoms with Crippen LogP contribution >= 0.6 is 0 Å². The van der Waals surface area contributed by atoms with Crippen LogP contribution in [0.5, 0.6) is 0 Å². The minimum atomic E-state index is -0.0817. The highest BCUT2D eigenvalue weighted by molar-refractivity contribution is 4.98. The van der Waals surface area contributed by atoms with Gasteiger partial charge in [0.2, 0.25) is 0 Å². The molecule has 1 fully saturated rings. The van der Waals surface area contributed by atoms with Crippen LogP contribution in [-0.4, -0.2) is 36.2 Å². The van der Waals surface area contributed by atoms with Crippen molar-refractivity contribution in [3.05, 3.63) is 0 Å². The minimum absolute atomic E-state index is 0.0817. The molecule has 3 nitrogen and oxygen atoms in total. The number of hydrogen-bond donors (Lipinski definition) is 1. The van der Waals surface area contributed by atoms with E-state index < -0.39 is 0 Å². The van der Waals surface area contributed by atoms with Crippen LogP contribution in [0.2, 0.25) is 0 Å². The second-order valence-corrected chi connectivity index (χ2v) is 4.80. The van der Waals surface area contributed by atoms with Crippen molar-refractivity contribution in [2.45, 2.75) is 39.0 Å². The molecular weight excluding hydrogens is 188 g/mol. The smallest absolute Gasteiger partial charge is 0.0687 e. The summed E-state index contributed by atoms with van der Waals surface area (Å²) < 4.78 is 0. The Hall–Kier alpha value is -0.590. The Bertz CT molecular complexity index is 214. The van der Waals surface area contributed by atoms with Crippen molar-refractivity contribution in [1.82, 2.24) is 4.90 Å². The Kier molecular flexibility index (Phi) is 5.07. The highest BCUT2D eigenvalue weighted by atomic mass is 16.2. The van der Waals surface area contributed by atoms with Gasteiger partial charge in [0.05, 0.1) is 11.5 Å². The molecule has 0 aromatic heterocycles. The average Bonchev–Trinajstić information content (AvgIpc) is 2.27. The summed E-state index contributed by atoms with van der Waals surface area (Å²) in [6.07, 6.45) is 5.21. The molecule has 0 amide bonds. The van der Waals surface area contributed by atoms with Gasteiger partial charge in [-0.15, -0.1) is 0 Å². The molecule has 0 aromatic rings. The van der Waals surface area contributed by atoms with Gasteiger partial charge in [-0.05, 0) is 58.7 Å². The van der Waals surface area contributed by atoms with Gasteiger partial charge in [-0.25, -0.2) is 0 Å². The fourth-order valence-electron chi connectivity index (χ4n) is 2.01. The molecule has 86 valence electrons. The van der Waals surface area contributed by atoms with Crippen molar-refractivity contribution >= 4 is 0 Å². The second-order valence-electron chi connectivity index (χ2n) is 4.80. The zero-order valence-electron chi connectivity index (χ0n) is 9.71. The van der Waals surface area contributed by atoms with E-state index in [1.165, 1.54) is 6.42 Å². The highest BCUT2D eigenvalue weighted by Gasteiger charge is 2.29. The molecule has 0 aliphatic carbocycles. The quantitative estimate of drug-likeness (QED) is 0.704. The Morgan fingerprint density at radius 1 is 1.27 bits per heavy atom. The number of rotatable bonds is 5. The zero-order valence-corrected chi connectivity index (χ0v) is 9.71. The minimum Gasteiger partial charge on any atom is -0.396 e. The standard InChI is InChI=1S/C12H22N2O/c1-12(11-13)5-8-14(9-6-12)7-3-2-4-10-15/h15H,2-10H2,1H3. The first-order valence-electron chi connectivity index (χ1n) is 5.95. The molecule has 3 heteroatoms. The lowest BCUT2D eigenvalue weighted by atomic mass is 9.82. The predicted octanol–water partition coefficient (Wildman–Crippen LogP) is 1.77. The Labute approximate surface area is 92.7 Å². The first kappa shape index (κ1) is 12.5. The first-order valence-corrected chi connectivity index (χ1v) is 5.95. The van der Waals surface area contributed by atoms with Gasteiger partial charge in [-0.3, -0.25) is 0 Å². The highest BCUT2D eigenvalue weighted by Crippen LogP contribution is 2.29. The largest absolute Gasteiger partial charge is 0.396 e. The molecule has 0 atom stereocenters. The third-order valence-electron chi connectivity index (χ3n) is 3.36. The van der Waals surface area contributed by atoms with Crippen LogP contribution in [0.4, 0.5) is 0 Å². The van der Waals surface area contributed by atoms with E-state index in [9.17, 15) is 0 Å². The van der Waals surface area contributed by atoms with Gasteiger partial charge in [0, 0.05) is 6.61 Å². The number of aliphatic hydroxyl groups is 1. The molecule has 1 rings (SSSR count). The van der Waals surface area contributed by atoms with E-state index in [2.05, 4.69) is 17.9 Å². The normalized spacial score (nSPS) is 21.1. The van der Waals surface area contributed by atoms with Crippen LogP contribution in [0.25, 0.3) is 0 Å². The van der Waals surface area contributed by atoms with Crippen molar-refractivity contribution in [3.8, 4) is 6.07 Å². The van der Waals surface area contributed by atoms with Crippen LogP contribution in [0.1, 0.15) is 39.0 Å². The summed E-state index contributed by atoms with van der Waals surface area (Å²) in [6, 6.07) is 2.42. The summed E-state index contributed by atoms with van der Waals surface area (Å²) in [6.45, 7) is 5.62. The van der Waals surface area contributed by atoms with E-state index in [1.54, 1.807) is 0 Å². The van der Waals surface area contributed by atoms with Crippen molar-refractivity contribution in [2.75, 3.05) is 26.2 Å². The Morgan fingerprint density at radius 3 is 2.47 bits per heavy atom. The van der Waals surface area contributed by atoms with E-state index in [0.29, 0.717) is 6.61 Å². The Balaban J connectivity index is 2.13. The molecule has 15 heavy (non-hydrogen) atoms. The monoisotopic (exact) mass is 210 g/mol. The summed E-state index contributed by atoms with van der Waals surface area (Å²) in [5.74, 6) is 0. The van der Waals surface area contributed by atoms with Crippen molar-refractivity contribution in [1.29, 1.82) is 5.26 Å². The summed E-state index contributed by atoms with van der Waals surface area (Å²) >= 11 is 0. The van der Waals surface area contributed by atoms with Gasteiger partial charge in [-0.2, -0.15) is 5.26 Å². The molecule has 1 heterocycles. The van der Waals surface area contributed by atoms with Gasteiger partial charge in [0.25, 0.3) is 0 Å². The SMILES string of the molecule is CC1(C#N)CCN(CCCCCO)CC1. The maximum Gasteiger partial charge on any atom is 0.0687 e. The molecule has 0 bridgehead atoms. The van der Waals surface area contributed by atoms with E-state index in [1.807, 2.05) is 0 Å². The molecule has 0 unspecified atom stereocenters. The lowest BCUT2D eigenvalue weighted by Gasteiger charge is -2.34. The number of nitriles is 1. The van der Waals surface area contributed by atoms with Crippen molar-refractivity contribution < 1.29 is 5.11 Å². The van der Waals surface area contributed by atoms with E-state index >= 15 is 0 Å². The number of piperidine rings is 1. The molecule has 0 aromatic carbocycles. The third-order valence-corrected chi connectivity index (χ3v) is 3.36. The number of aliphatic hydroxyl groups excluding tert-OH is 1. The van der Waals surface area contributed by atoms with Gasteiger partial charge in [0.15, 0.2) is 0 Å². The summed E-state index contributed by atoms with van der Waals surface area (Å²) in [5, 5.41) is 17.6. The van der Waals surface area contributed by atoms with E-state index in [0.717, 1.165) is 45.3 Å². The maximum absolute atomic E-state index is 8.99. The van der Waals surface area contributed by atoms with Gasteiger partial charge in [0.1, 0.15) is 0 Å². The summed E-state index contributed by atoms with van der Waals surface area (Å²) in [4.78, 5) is 2.44. The van der Waals surface area contributed by atoms with Crippen molar-refractivity contribution in [2.24, 2.45) is 5.41 Å².